The normalized spacial score (nSPS) is 11.7. The predicted molar refractivity (Wildman–Crippen MR) is 76.6 cm³/mol. The molecule has 2 aromatic rings. The number of carboxylic acid groups (broad SMARTS) is 1. The van der Waals surface area contributed by atoms with Gasteiger partial charge in [-0.1, -0.05) is 18.2 Å². The van der Waals surface area contributed by atoms with E-state index in [2.05, 4.69) is 4.98 Å². The molecule has 0 spiro atoms. The van der Waals surface area contributed by atoms with Crippen LogP contribution >= 0.6 is 0 Å². The van der Waals surface area contributed by atoms with Crippen LogP contribution < -0.4 is 4.74 Å². The van der Waals surface area contributed by atoms with Crippen molar-refractivity contribution in [2.45, 2.75) is 12.3 Å². The number of ether oxygens (including phenoxy) is 1. The largest absolute Gasteiger partial charge is 0.496 e. The van der Waals surface area contributed by atoms with Crippen LogP contribution in [0, 0.1) is 0 Å². The highest BCUT2D eigenvalue weighted by atomic mass is 16.5. The molecule has 1 aromatic carbocycles. The van der Waals surface area contributed by atoms with E-state index < -0.39 is 11.9 Å². The Morgan fingerprint density at radius 2 is 1.90 bits per heavy atom. The van der Waals surface area contributed by atoms with E-state index in [4.69, 9.17) is 4.74 Å². The lowest BCUT2D eigenvalue weighted by molar-refractivity contribution is -0.138. The summed E-state index contributed by atoms with van der Waals surface area (Å²) < 4.78 is 5.13. The van der Waals surface area contributed by atoms with Crippen molar-refractivity contribution in [2.24, 2.45) is 0 Å². The Kier molecular flexibility index (Phi) is 4.66. The van der Waals surface area contributed by atoms with Crippen molar-refractivity contribution in [3.05, 3.63) is 59.9 Å². The van der Waals surface area contributed by atoms with Gasteiger partial charge in [0.15, 0.2) is 5.78 Å². The van der Waals surface area contributed by atoms with Crippen LogP contribution in [-0.4, -0.2) is 29.0 Å². The number of carbonyl (C=O) groups is 2. The van der Waals surface area contributed by atoms with Crippen molar-refractivity contribution in [1.29, 1.82) is 0 Å². The Hall–Kier alpha value is -2.69. The quantitative estimate of drug-likeness (QED) is 0.825. The SMILES string of the molecule is COc1ccccc1C(=O)CC(C(=O)O)c1ccccn1. The molecular formula is C16H15NO4. The van der Waals surface area contributed by atoms with Gasteiger partial charge in [0, 0.05) is 12.6 Å². The fourth-order valence-corrected chi connectivity index (χ4v) is 2.07. The molecule has 1 heterocycles. The first-order chi connectivity index (χ1) is 10.1. The highest BCUT2D eigenvalue weighted by Gasteiger charge is 2.26. The van der Waals surface area contributed by atoms with Crippen molar-refractivity contribution < 1.29 is 19.4 Å². The van der Waals surface area contributed by atoms with E-state index in [-0.39, 0.29) is 12.2 Å². The lowest BCUT2D eigenvalue weighted by atomic mass is 9.94. The number of ketones is 1. The number of nitrogens with zero attached hydrogens (tertiary/aromatic N) is 1. The fourth-order valence-electron chi connectivity index (χ4n) is 2.07. The average molecular weight is 285 g/mol. The molecular weight excluding hydrogens is 270 g/mol. The van der Waals surface area contributed by atoms with E-state index in [0.29, 0.717) is 17.0 Å². The van der Waals surface area contributed by atoms with Crippen molar-refractivity contribution in [3.63, 3.8) is 0 Å². The molecule has 0 saturated carbocycles. The summed E-state index contributed by atoms with van der Waals surface area (Å²) in [6.45, 7) is 0. The summed E-state index contributed by atoms with van der Waals surface area (Å²) in [5.41, 5.74) is 0.746. The average Bonchev–Trinajstić information content (AvgIpc) is 2.52. The number of rotatable bonds is 6. The maximum atomic E-state index is 12.3. The number of carboxylic acids is 1. The number of methoxy groups -OCH3 is 1. The smallest absolute Gasteiger partial charge is 0.313 e. The standard InChI is InChI=1S/C16H15NO4/c1-21-15-8-3-2-6-11(15)14(18)10-12(16(19)20)13-7-4-5-9-17-13/h2-9,12H,10H2,1H3,(H,19,20). The molecule has 2 rings (SSSR count). The minimum absolute atomic E-state index is 0.160. The summed E-state index contributed by atoms with van der Waals surface area (Å²) in [6, 6.07) is 11.8. The van der Waals surface area contributed by atoms with E-state index in [1.54, 1.807) is 42.5 Å². The number of aliphatic carboxylic acids is 1. The number of benzene rings is 1. The number of para-hydroxylation sites is 1. The van der Waals surface area contributed by atoms with Gasteiger partial charge in [0.05, 0.1) is 18.4 Å². The van der Waals surface area contributed by atoms with Crippen LogP contribution in [0.1, 0.15) is 28.4 Å². The zero-order chi connectivity index (χ0) is 15.2. The van der Waals surface area contributed by atoms with Crippen LogP contribution in [0.3, 0.4) is 0 Å². The second-order valence-electron chi connectivity index (χ2n) is 4.47. The van der Waals surface area contributed by atoms with Crippen molar-refractivity contribution in [1.82, 2.24) is 4.98 Å². The number of carbonyl (C=O) groups excluding carboxylic acids is 1. The Balaban J connectivity index is 2.25. The highest BCUT2D eigenvalue weighted by Crippen LogP contribution is 2.24. The first-order valence-corrected chi connectivity index (χ1v) is 6.43. The summed E-state index contributed by atoms with van der Waals surface area (Å²) in [5, 5.41) is 9.33. The third kappa shape index (κ3) is 3.45. The van der Waals surface area contributed by atoms with Gasteiger partial charge in [-0.2, -0.15) is 0 Å². The van der Waals surface area contributed by atoms with Crippen LogP contribution in [0.2, 0.25) is 0 Å². The van der Waals surface area contributed by atoms with Crippen LogP contribution in [0.5, 0.6) is 5.75 Å². The molecule has 0 radical (unpaired) electrons. The maximum Gasteiger partial charge on any atom is 0.313 e. The highest BCUT2D eigenvalue weighted by molar-refractivity contribution is 6.01. The number of Topliss-reactive ketones (excluding diaryl/α,β-unsaturated/α-hetero) is 1. The second-order valence-corrected chi connectivity index (χ2v) is 4.47. The molecule has 0 bridgehead atoms. The van der Waals surface area contributed by atoms with Gasteiger partial charge in [-0.25, -0.2) is 0 Å². The first kappa shape index (κ1) is 14.7. The third-order valence-corrected chi connectivity index (χ3v) is 3.14. The molecule has 1 N–H and O–H groups in total. The predicted octanol–water partition coefficient (Wildman–Crippen LogP) is 2.53. The summed E-state index contributed by atoms with van der Waals surface area (Å²) >= 11 is 0. The summed E-state index contributed by atoms with van der Waals surface area (Å²) in [7, 11) is 1.47. The zero-order valence-corrected chi connectivity index (χ0v) is 11.5. The van der Waals surface area contributed by atoms with Gasteiger partial charge in [0.2, 0.25) is 0 Å². The van der Waals surface area contributed by atoms with Crippen LogP contribution in [-0.2, 0) is 4.79 Å². The summed E-state index contributed by atoms with van der Waals surface area (Å²) in [5.74, 6) is -1.89. The second kappa shape index (κ2) is 6.65. The fraction of sp³-hybridized carbons (Fsp3) is 0.188. The van der Waals surface area contributed by atoms with Gasteiger partial charge in [-0.15, -0.1) is 0 Å². The van der Waals surface area contributed by atoms with Crippen LogP contribution in [0.25, 0.3) is 0 Å². The maximum absolute atomic E-state index is 12.3. The van der Waals surface area contributed by atoms with Crippen molar-refractivity contribution in [3.8, 4) is 5.75 Å². The number of aromatic nitrogens is 1. The zero-order valence-electron chi connectivity index (χ0n) is 11.5. The molecule has 0 aliphatic carbocycles. The van der Waals surface area contributed by atoms with Crippen LogP contribution in [0.15, 0.2) is 48.7 Å². The molecule has 0 saturated heterocycles. The van der Waals surface area contributed by atoms with Gasteiger partial charge in [0.1, 0.15) is 11.7 Å². The number of hydrogen-bond donors (Lipinski definition) is 1. The van der Waals surface area contributed by atoms with Gasteiger partial charge >= 0.3 is 5.97 Å². The van der Waals surface area contributed by atoms with Gasteiger partial charge in [-0.3, -0.25) is 14.6 Å². The molecule has 5 heteroatoms. The van der Waals surface area contributed by atoms with Crippen molar-refractivity contribution >= 4 is 11.8 Å². The number of hydrogen-bond acceptors (Lipinski definition) is 4. The molecule has 0 aliphatic rings. The third-order valence-electron chi connectivity index (χ3n) is 3.14. The summed E-state index contributed by atoms with van der Waals surface area (Å²) in [6.07, 6.45) is 1.35. The Morgan fingerprint density at radius 1 is 1.19 bits per heavy atom. The van der Waals surface area contributed by atoms with Crippen LogP contribution in [0.4, 0.5) is 0 Å². The van der Waals surface area contributed by atoms with E-state index in [0.717, 1.165) is 0 Å². The molecule has 1 atom stereocenters. The molecule has 21 heavy (non-hydrogen) atoms. The molecule has 108 valence electrons. The minimum atomic E-state index is -1.07. The molecule has 1 unspecified atom stereocenters. The topological polar surface area (TPSA) is 76.5 Å². The molecule has 1 aromatic heterocycles. The van der Waals surface area contributed by atoms with Gasteiger partial charge in [0.25, 0.3) is 0 Å². The first-order valence-electron chi connectivity index (χ1n) is 6.43. The van der Waals surface area contributed by atoms with E-state index in [1.165, 1.54) is 13.3 Å². The Labute approximate surface area is 122 Å². The molecule has 0 aliphatic heterocycles. The van der Waals surface area contributed by atoms with Gasteiger partial charge in [-0.05, 0) is 24.3 Å². The van der Waals surface area contributed by atoms with Gasteiger partial charge < -0.3 is 9.84 Å². The minimum Gasteiger partial charge on any atom is -0.496 e. The number of pyridine rings is 1. The monoisotopic (exact) mass is 285 g/mol. The van der Waals surface area contributed by atoms with E-state index in [9.17, 15) is 14.7 Å². The summed E-state index contributed by atoms with van der Waals surface area (Å²) in [4.78, 5) is 27.8. The van der Waals surface area contributed by atoms with E-state index in [1.807, 2.05) is 0 Å². The molecule has 0 amide bonds. The Bertz CT molecular complexity index is 640. The van der Waals surface area contributed by atoms with Crippen molar-refractivity contribution in [2.75, 3.05) is 7.11 Å². The lowest BCUT2D eigenvalue weighted by Gasteiger charge is -2.12. The lowest BCUT2D eigenvalue weighted by Crippen LogP contribution is -2.17. The van der Waals surface area contributed by atoms with E-state index >= 15 is 0 Å². The Morgan fingerprint density at radius 3 is 2.52 bits per heavy atom. The molecule has 5 nitrogen and oxygen atoms in total. The molecule has 0 fully saturated rings.